The average molecular weight is 990 g/mol. The predicted octanol–water partition coefficient (Wildman–Crippen LogP) is 20.3. The van der Waals surface area contributed by atoms with Crippen LogP contribution >= 0.6 is 0 Å². The molecule has 0 saturated carbocycles. The molecule has 0 rings (SSSR count). The molecule has 0 aromatic rings. The molecule has 0 saturated heterocycles. The number of carbonyl (C=O) groups excluding carboxylic acids is 3. The monoisotopic (exact) mass is 989 g/mol. The Hall–Kier alpha value is -3.41. The zero-order valence-electron chi connectivity index (χ0n) is 46.7. The third-order valence-electron chi connectivity index (χ3n) is 12.9. The summed E-state index contributed by atoms with van der Waals surface area (Å²) in [5.74, 6) is -0.970. The first-order valence-corrected chi connectivity index (χ1v) is 30.1. The molecule has 71 heavy (non-hydrogen) atoms. The SMILES string of the molecule is CCCCC/C=C\C/C=C\C/C=C\C/C=C\CCCC(=O)OC[C@H](COC(=O)CCCCCC/C=C\C/C=C\C/C=C\CCCCC)OC(=O)CCCCCCCCCCCCCCCCCCCCC. The van der Waals surface area contributed by atoms with Gasteiger partial charge in [-0.25, -0.2) is 0 Å². The van der Waals surface area contributed by atoms with Gasteiger partial charge in [0.05, 0.1) is 0 Å². The molecule has 0 N–H and O–H groups in total. The third-order valence-corrected chi connectivity index (χ3v) is 12.9. The van der Waals surface area contributed by atoms with Crippen molar-refractivity contribution in [2.45, 2.75) is 297 Å². The van der Waals surface area contributed by atoms with E-state index in [9.17, 15) is 14.4 Å². The van der Waals surface area contributed by atoms with Crippen molar-refractivity contribution in [3.63, 3.8) is 0 Å². The van der Waals surface area contributed by atoms with Crippen molar-refractivity contribution in [2.24, 2.45) is 0 Å². The van der Waals surface area contributed by atoms with Crippen LogP contribution in [0.15, 0.2) is 85.1 Å². The van der Waals surface area contributed by atoms with Gasteiger partial charge in [0, 0.05) is 19.3 Å². The van der Waals surface area contributed by atoms with Crippen molar-refractivity contribution < 1.29 is 28.6 Å². The molecule has 0 bridgehead atoms. The maximum atomic E-state index is 12.9. The molecule has 0 aliphatic rings. The van der Waals surface area contributed by atoms with Gasteiger partial charge in [-0.1, -0.05) is 260 Å². The number of carbonyl (C=O) groups is 3. The fourth-order valence-corrected chi connectivity index (χ4v) is 8.33. The Morgan fingerprint density at radius 3 is 0.873 bits per heavy atom. The highest BCUT2D eigenvalue weighted by Crippen LogP contribution is 2.16. The Kier molecular flexibility index (Phi) is 56.3. The van der Waals surface area contributed by atoms with Crippen molar-refractivity contribution in [1.82, 2.24) is 0 Å². The van der Waals surface area contributed by atoms with Crippen LogP contribution in [0.2, 0.25) is 0 Å². The van der Waals surface area contributed by atoms with Gasteiger partial charge in [0.25, 0.3) is 0 Å². The zero-order chi connectivity index (χ0) is 51.4. The number of hydrogen-bond acceptors (Lipinski definition) is 6. The molecule has 0 spiro atoms. The highest BCUT2D eigenvalue weighted by atomic mass is 16.6. The Morgan fingerprint density at radius 1 is 0.282 bits per heavy atom. The van der Waals surface area contributed by atoms with Crippen LogP contribution < -0.4 is 0 Å². The first kappa shape index (κ1) is 67.6. The second kappa shape index (κ2) is 59.2. The summed E-state index contributed by atoms with van der Waals surface area (Å²) in [6, 6.07) is 0. The Labute approximate surface area is 439 Å². The molecule has 408 valence electrons. The number of rotatable bonds is 54. The van der Waals surface area contributed by atoms with Gasteiger partial charge >= 0.3 is 17.9 Å². The summed E-state index contributed by atoms with van der Waals surface area (Å²) in [5, 5.41) is 0. The maximum Gasteiger partial charge on any atom is 0.306 e. The lowest BCUT2D eigenvalue weighted by Crippen LogP contribution is -2.30. The fraction of sp³-hybridized carbons (Fsp3) is 0.738. The van der Waals surface area contributed by atoms with Crippen molar-refractivity contribution in [2.75, 3.05) is 13.2 Å². The van der Waals surface area contributed by atoms with Gasteiger partial charge in [-0.05, 0) is 96.3 Å². The molecule has 0 radical (unpaired) electrons. The molecule has 6 heteroatoms. The van der Waals surface area contributed by atoms with Gasteiger partial charge in [0.1, 0.15) is 13.2 Å². The highest BCUT2D eigenvalue weighted by Gasteiger charge is 2.19. The van der Waals surface area contributed by atoms with Gasteiger partial charge in [0.15, 0.2) is 6.10 Å². The summed E-state index contributed by atoms with van der Waals surface area (Å²) in [5.41, 5.74) is 0. The van der Waals surface area contributed by atoms with Gasteiger partial charge in [-0.2, -0.15) is 0 Å². The van der Waals surface area contributed by atoms with Crippen LogP contribution in [0.25, 0.3) is 0 Å². The van der Waals surface area contributed by atoms with E-state index in [-0.39, 0.29) is 37.5 Å². The van der Waals surface area contributed by atoms with E-state index in [4.69, 9.17) is 14.2 Å². The summed E-state index contributed by atoms with van der Waals surface area (Å²) < 4.78 is 16.8. The topological polar surface area (TPSA) is 78.9 Å². The average Bonchev–Trinajstić information content (AvgIpc) is 3.37. The molecule has 0 aromatic carbocycles. The molecular formula is C65H112O6. The summed E-state index contributed by atoms with van der Waals surface area (Å²) in [6.45, 7) is 6.54. The number of allylic oxidation sites excluding steroid dienone is 14. The number of ether oxygens (including phenoxy) is 3. The van der Waals surface area contributed by atoms with Crippen LogP contribution in [0.1, 0.15) is 290 Å². The fourth-order valence-electron chi connectivity index (χ4n) is 8.33. The lowest BCUT2D eigenvalue weighted by molar-refractivity contribution is -0.167. The summed E-state index contributed by atoms with van der Waals surface area (Å²) in [7, 11) is 0. The van der Waals surface area contributed by atoms with Crippen LogP contribution in [0.4, 0.5) is 0 Å². The van der Waals surface area contributed by atoms with Crippen molar-refractivity contribution in [1.29, 1.82) is 0 Å². The van der Waals surface area contributed by atoms with E-state index in [0.717, 1.165) is 89.9 Å². The maximum absolute atomic E-state index is 12.9. The summed E-state index contributed by atoms with van der Waals surface area (Å²) in [6.07, 6.45) is 77.2. The molecule has 0 aromatic heterocycles. The summed E-state index contributed by atoms with van der Waals surface area (Å²) >= 11 is 0. The quantitative estimate of drug-likeness (QED) is 0.0261. The smallest absolute Gasteiger partial charge is 0.306 e. The zero-order valence-corrected chi connectivity index (χ0v) is 46.7. The van der Waals surface area contributed by atoms with E-state index >= 15 is 0 Å². The highest BCUT2D eigenvalue weighted by molar-refractivity contribution is 5.71. The van der Waals surface area contributed by atoms with Crippen LogP contribution in [0.3, 0.4) is 0 Å². The second-order valence-corrected chi connectivity index (χ2v) is 19.9. The lowest BCUT2D eigenvalue weighted by atomic mass is 10.0. The van der Waals surface area contributed by atoms with Crippen molar-refractivity contribution in [3.05, 3.63) is 85.1 Å². The van der Waals surface area contributed by atoms with E-state index < -0.39 is 6.10 Å². The summed E-state index contributed by atoms with van der Waals surface area (Å²) in [4.78, 5) is 38.2. The van der Waals surface area contributed by atoms with Crippen LogP contribution in [-0.4, -0.2) is 37.2 Å². The number of unbranched alkanes of at least 4 members (excludes halogenated alkanes) is 29. The van der Waals surface area contributed by atoms with Crippen molar-refractivity contribution >= 4 is 17.9 Å². The molecule has 0 amide bonds. The minimum absolute atomic E-state index is 0.103. The largest absolute Gasteiger partial charge is 0.462 e. The van der Waals surface area contributed by atoms with Gasteiger partial charge < -0.3 is 14.2 Å². The van der Waals surface area contributed by atoms with Gasteiger partial charge in [-0.3, -0.25) is 14.4 Å². The first-order chi connectivity index (χ1) is 35.0. The molecule has 0 aliphatic carbocycles. The Balaban J connectivity index is 4.48. The Morgan fingerprint density at radius 2 is 0.521 bits per heavy atom. The van der Waals surface area contributed by atoms with Gasteiger partial charge in [-0.15, -0.1) is 0 Å². The van der Waals surface area contributed by atoms with E-state index in [1.165, 1.54) is 154 Å². The number of hydrogen-bond donors (Lipinski definition) is 0. The molecule has 1 atom stereocenters. The predicted molar refractivity (Wildman–Crippen MR) is 307 cm³/mol. The molecule has 6 nitrogen and oxygen atoms in total. The van der Waals surface area contributed by atoms with Crippen LogP contribution in [0, 0.1) is 0 Å². The molecule has 0 unspecified atom stereocenters. The van der Waals surface area contributed by atoms with E-state index in [0.29, 0.717) is 19.3 Å². The minimum atomic E-state index is -0.807. The first-order valence-electron chi connectivity index (χ1n) is 30.1. The van der Waals surface area contributed by atoms with Crippen LogP contribution in [-0.2, 0) is 28.6 Å². The Bertz CT molecular complexity index is 1370. The van der Waals surface area contributed by atoms with Crippen LogP contribution in [0.5, 0.6) is 0 Å². The lowest BCUT2D eigenvalue weighted by Gasteiger charge is -2.18. The minimum Gasteiger partial charge on any atom is -0.462 e. The normalized spacial score (nSPS) is 12.7. The molecular weight excluding hydrogens is 877 g/mol. The van der Waals surface area contributed by atoms with E-state index in [1.807, 2.05) is 0 Å². The molecule has 0 aliphatic heterocycles. The second-order valence-electron chi connectivity index (χ2n) is 19.9. The van der Waals surface area contributed by atoms with Gasteiger partial charge in [0.2, 0.25) is 0 Å². The standard InChI is InChI=1S/C65H112O6/c1-4-7-10-13-16-19-22-25-28-31-32-35-38-41-44-47-50-53-56-59-65(68)71-62(60-69-63(66)57-54-51-48-45-42-39-36-33-29-26-23-20-17-14-11-8-5-2)61-70-64(67)58-55-52-49-46-43-40-37-34-30-27-24-21-18-15-12-9-6-3/h17-18,20-21,26-27,29-30,36-37,39-40,45,48,62H,4-16,19,22-25,28,31-35,38,41-44,46-47,49-61H2,1-3H3/b20-17-,21-18-,29-26-,30-27-,39-36-,40-37-,48-45-/t62-/m1/s1. The molecule has 0 fully saturated rings. The van der Waals surface area contributed by atoms with E-state index in [2.05, 4.69) is 106 Å². The third kappa shape index (κ3) is 57.4. The number of esters is 3. The van der Waals surface area contributed by atoms with E-state index in [1.54, 1.807) is 0 Å². The van der Waals surface area contributed by atoms with Crippen molar-refractivity contribution in [3.8, 4) is 0 Å². The molecule has 0 heterocycles.